The van der Waals surface area contributed by atoms with Crippen LogP contribution in [0.2, 0.25) is 0 Å². The first-order valence-electron chi connectivity index (χ1n) is 10.1. The predicted molar refractivity (Wildman–Crippen MR) is 111 cm³/mol. The van der Waals surface area contributed by atoms with Gasteiger partial charge in [0.1, 0.15) is 17.7 Å². The number of fused-ring (bicyclic) bond motifs is 7. The van der Waals surface area contributed by atoms with Crippen LogP contribution in [0.4, 0.5) is 0 Å². The predicted octanol–water partition coefficient (Wildman–Crippen LogP) is 6.31. The normalized spacial score (nSPS) is 15.5. The number of furan rings is 1. The van der Waals surface area contributed by atoms with E-state index in [1.54, 1.807) is 0 Å². The topological polar surface area (TPSA) is 17.0 Å². The van der Waals surface area contributed by atoms with Crippen molar-refractivity contribution >= 4 is 21.9 Å². The van der Waals surface area contributed by atoms with Crippen molar-refractivity contribution in [1.29, 1.82) is 0 Å². The molecule has 3 heterocycles. The Bertz CT molecular complexity index is 1160. The summed E-state index contributed by atoms with van der Waals surface area (Å²) in [5.74, 6) is 0. The van der Waals surface area contributed by atoms with Gasteiger partial charge in [0.15, 0.2) is 6.20 Å². The van der Waals surface area contributed by atoms with Crippen LogP contribution in [0.3, 0.4) is 0 Å². The summed E-state index contributed by atoms with van der Waals surface area (Å²) in [5.41, 5.74) is 7.49. The molecule has 136 valence electrons. The minimum atomic E-state index is 0.198. The van der Waals surface area contributed by atoms with Gasteiger partial charge in [-0.3, -0.25) is 0 Å². The van der Waals surface area contributed by atoms with E-state index in [0.717, 1.165) is 30.6 Å². The highest BCUT2D eigenvalue weighted by Crippen LogP contribution is 2.46. The molecule has 0 N–H and O–H groups in total. The molecule has 2 aromatic carbocycles. The molecule has 0 bridgehead atoms. The number of benzene rings is 2. The number of para-hydroxylation sites is 1. The van der Waals surface area contributed by atoms with Crippen LogP contribution in [0.15, 0.2) is 59.1 Å². The van der Waals surface area contributed by atoms with E-state index in [1.807, 2.05) is 0 Å². The largest absolute Gasteiger partial charge is 0.455 e. The molecule has 0 unspecified atom stereocenters. The van der Waals surface area contributed by atoms with E-state index in [1.165, 1.54) is 39.6 Å². The number of hydrogen-bond donors (Lipinski definition) is 0. The van der Waals surface area contributed by atoms with Gasteiger partial charge in [0.2, 0.25) is 5.69 Å². The summed E-state index contributed by atoms with van der Waals surface area (Å²) < 4.78 is 8.97. The maximum Gasteiger partial charge on any atom is 0.216 e. The third-order valence-electron chi connectivity index (χ3n) is 6.82. The van der Waals surface area contributed by atoms with Gasteiger partial charge in [-0.1, -0.05) is 44.2 Å². The van der Waals surface area contributed by atoms with Crippen LogP contribution < -0.4 is 4.57 Å². The molecular formula is C25H26NO+. The Labute approximate surface area is 160 Å². The van der Waals surface area contributed by atoms with E-state index >= 15 is 0 Å². The molecule has 0 saturated heterocycles. The summed E-state index contributed by atoms with van der Waals surface area (Å²) in [6.07, 6.45) is 5.68. The molecule has 4 aromatic rings. The summed E-state index contributed by atoms with van der Waals surface area (Å²) in [5, 5.41) is 2.45. The second-order valence-corrected chi connectivity index (χ2v) is 7.94. The highest BCUT2D eigenvalue weighted by molar-refractivity contribution is 6.10. The van der Waals surface area contributed by atoms with E-state index < -0.39 is 0 Å². The van der Waals surface area contributed by atoms with Crippen molar-refractivity contribution in [2.45, 2.75) is 52.0 Å². The monoisotopic (exact) mass is 356 g/mol. The summed E-state index contributed by atoms with van der Waals surface area (Å²) in [6, 6.07) is 17.6. The molecule has 2 aromatic heterocycles. The molecule has 0 fully saturated rings. The average molecular weight is 356 g/mol. The third kappa shape index (κ3) is 2.22. The van der Waals surface area contributed by atoms with Crippen LogP contribution in [-0.4, -0.2) is 0 Å². The van der Waals surface area contributed by atoms with E-state index in [-0.39, 0.29) is 5.41 Å². The fourth-order valence-corrected chi connectivity index (χ4v) is 5.05. The molecule has 27 heavy (non-hydrogen) atoms. The van der Waals surface area contributed by atoms with Crippen molar-refractivity contribution in [1.82, 2.24) is 0 Å². The smallest absolute Gasteiger partial charge is 0.216 e. The van der Waals surface area contributed by atoms with Gasteiger partial charge >= 0.3 is 0 Å². The Hall–Kier alpha value is -2.61. The van der Waals surface area contributed by atoms with Gasteiger partial charge in [0.25, 0.3) is 0 Å². The molecule has 0 spiro atoms. The molecule has 2 heteroatoms. The number of aromatic nitrogens is 1. The third-order valence-corrected chi connectivity index (χ3v) is 6.82. The lowest BCUT2D eigenvalue weighted by molar-refractivity contribution is -0.686. The molecule has 5 rings (SSSR count). The summed E-state index contributed by atoms with van der Waals surface area (Å²) in [4.78, 5) is 0. The van der Waals surface area contributed by atoms with Gasteiger partial charge in [-0.15, -0.1) is 0 Å². The van der Waals surface area contributed by atoms with Gasteiger partial charge in [-0.25, -0.2) is 0 Å². The van der Waals surface area contributed by atoms with E-state index in [2.05, 4.69) is 80.1 Å². The molecular weight excluding hydrogens is 330 g/mol. The van der Waals surface area contributed by atoms with Crippen LogP contribution in [0, 0.1) is 6.92 Å². The molecule has 1 aliphatic rings. The molecule has 0 amide bonds. The highest BCUT2D eigenvalue weighted by Gasteiger charge is 2.38. The van der Waals surface area contributed by atoms with Crippen molar-refractivity contribution in [3.63, 3.8) is 0 Å². The standard InChI is InChI=1S/C25H26NO/c1-4-25(5-2)14-16-26-15-7-6-11-21(26)22-20(25)13-12-19-18-10-8-9-17(3)23(18)27-24(19)22/h6-13,15H,4-5,14,16H2,1-3H3/q+1. The summed E-state index contributed by atoms with van der Waals surface area (Å²) in [7, 11) is 0. The van der Waals surface area contributed by atoms with Gasteiger partial charge in [0, 0.05) is 34.7 Å². The number of nitrogens with zero attached hydrogens (tertiary/aromatic N) is 1. The first-order valence-corrected chi connectivity index (χ1v) is 10.1. The van der Waals surface area contributed by atoms with E-state index in [9.17, 15) is 0 Å². The van der Waals surface area contributed by atoms with Crippen molar-refractivity contribution in [2.24, 2.45) is 0 Å². The Kier molecular flexibility index (Phi) is 3.65. The number of hydrogen-bond acceptors (Lipinski definition) is 1. The second-order valence-electron chi connectivity index (χ2n) is 7.94. The number of rotatable bonds is 2. The van der Waals surface area contributed by atoms with Crippen LogP contribution in [0.5, 0.6) is 0 Å². The molecule has 2 nitrogen and oxygen atoms in total. The lowest BCUT2D eigenvalue weighted by Crippen LogP contribution is -2.36. The van der Waals surface area contributed by atoms with Gasteiger partial charge in [-0.05, 0) is 37.0 Å². The Morgan fingerprint density at radius 2 is 1.74 bits per heavy atom. The van der Waals surface area contributed by atoms with Crippen LogP contribution >= 0.6 is 0 Å². The number of aryl methyl sites for hydroxylation is 2. The number of pyridine rings is 1. The van der Waals surface area contributed by atoms with Crippen LogP contribution in [-0.2, 0) is 12.0 Å². The molecule has 0 radical (unpaired) electrons. The lowest BCUT2D eigenvalue weighted by Gasteiger charge is -2.31. The van der Waals surface area contributed by atoms with Crippen LogP contribution in [0.25, 0.3) is 33.2 Å². The van der Waals surface area contributed by atoms with Crippen molar-refractivity contribution < 1.29 is 8.98 Å². The average Bonchev–Trinajstić information content (AvgIpc) is 3.02. The van der Waals surface area contributed by atoms with Crippen molar-refractivity contribution in [3.05, 3.63) is 65.9 Å². The Balaban J connectivity index is 1.98. The Morgan fingerprint density at radius 1 is 0.926 bits per heavy atom. The fraction of sp³-hybridized carbons (Fsp3) is 0.320. The molecule has 0 atom stereocenters. The maximum atomic E-state index is 6.56. The zero-order valence-corrected chi connectivity index (χ0v) is 16.4. The summed E-state index contributed by atoms with van der Waals surface area (Å²) in [6.45, 7) is 7.85. The molecule has 1 aliphatic heterocycles. The quantitative estimate of drug-likeness (QED) is 0.385. The lowest BCUT2D eigenvalue weighted by atomic mass is 9.71. The second kappa shape index (κ2) is 5.95. The molecule has 0 aliphatic carbocycles. The van der Waals surface area contributed by atoms with Crippen molar-refractivity contribution in [3.8, 4) is 11.3 Å². The van der Waals surface area contributed by atoms with Gasteiger partial charge < -0.3 is 4.42 Å². The van der Waals surface area contributed by atoms with E-state index in [0.29, 0.717) is 0 Å². The minimum Gasteiger partial charge on any atom is -0.455 e. The zero-order valence-electron chi connectivity index (χ0n) is 16.4. The van der Waals surface area contributed by atoms with Crippen molar-refractivity contribution in [2.75, 3.05) is 0 Å². The Morgan fingerprint density at radius 3 is 2.56 bits per heavy atom. The highest BCUT2D eigenvalue weighted by atomic mass is 16.3. The minimum absolute atomic E-state index is 0.198. The van der Waals surface area contributed by atoms with Gasteiger partial charge in [0.05, 0.1) is 5.56 Å². The van der Waals surface area contributed by atoms with Crippen LogP contribution in [0.1, 0.15) is 44.2 Å². The zero-order chi connectivity index (χ0) is 18.6. The first kappa shape index (κ1) is 16.6. The maximum absolute atomic E-state index is 6.56. The fourth-order valence-electron chi connectivity index (χ4n) is 5.05. The van der Waals surface area contributed by atoms with Gasteiger partial charge in [-0.2, -0.15) is 4.57 Å². The summed E-state index contributed by atoms with van der Waals surface area (Å²) >= 11 is 0. The first-order chi connectivity index (χ1) is 13.2. The van der Waals surface area contributed by atoms with E-state index in [4.69, 9.17) is 4.42 Å². The SMILES string of the molecule is CCC1(CC)CC[n+]2ccccc2-c2c1ccc1c2oc2c(C)cccc21. The molecule has 0 saturated carbocycles.